The van der Waals surface area contributed by atoms with Crippen molar-refractivity contribution in [3.8, 4) is 11.3 Å². The molecule has 0 saturated carbocycles. The fourth-order valence-electron chi connectivity index (χ4n) is 1.61. The SMILES string of the molecule is Cc1cccc(-c2cnc(CCCCl)o2)c1Br. The van der Waals surface area contributed by atoms with Gasteiger partial charge in [0.05, 0.1) is 6.20 Å². The number of oxazole rings is 1. The second-order valence-electron chi connectivity index (χ2n) is 3.85. The Morgan fingerprint density at radius 1 is 1.41 bits per heavy atom. The van der Waals surface area contributed by atoms with Gasteiger partial charge >= 0.3 is 0 Å². The van der Waals surface area contributed by atoms with Gasteiger partial charge < -0.3 is 4.42 Å². The zero-order chi connectivity index (χ0) is 12.3. The average molecular weight is 315 g/mol. The molecule has 1 aromatic carbocycles. The van der Waals surface area contributed by atoms with Gasteiger partial charge in [0.25, 0.3) is 0 Å². The van der Waals surface area contributed by atoms with Gasteiger partial charge in [-0.05, 0) is 34.8 Å². The highest BCUT2D eigenvalue weighted by atomic mass is 79.9. The van der Waals surface area contributed by atoms with Crippen LogP contribution in [0.25, 0.3) is 11.3 Å². The van der Waals surface area contributed by atoms with E-state index in [2.05, 4.69) is 33.9 Å². The molecule has 0 radical (unpaired) electrons. The Kier molecular flexibility index (Phi) is 4.24. The van der Waals surface area contributed by atoms with E-state index < -0.39 is 0 Å². The highest BCUT2D eigenvalue weighted by Gasteiger charge is 2.10. The molecule has 1 aromatic heterocycles. The minimum atomic E-state index is 0.631. The Labute approximate surface area is 114 Å². The van der Waals surface area contributed by atoms with Crippen LogP contribution < -0.4 is 0 Å². The fraction of sp³-hybridized carbons (Fsp3) is 0.308. The van der Waals surface area contributed by atoms with Crippen molar-refractivity contribution < 1.29 is 4.42 Å². The second-order valence-corrected chi connectivity index (χ2v) is 5.02. The van der Waals surface area contributed by atoms with E-state index in [1.165, 1.54) is 5.56 Å². The maximum Gasteiger partial charge on any atom is 0.194 e. The molecule has 0 saturated heterocycles. The summed E-state index contributed by atoms with van der Waals surface area (Å²) in [6.45, 7) is 2.05. The number of aryl methyl sites for hydroxylation is 2. The highest BCUT2D eigenvalue weighted by Crippen LogP contribution is 2.31. The zero-order valence-corrected chi connectivity index (χ0v) is 11.9. The first kappa shape index (κ1) is 12.7. The number of halogens is 2. The lowest BCUT2D eigenvalue weighted by atomic mass is 10.1. The summed E-state index contributed by atoms with van der Waals surface area (Å²) in [4.78, 5) is 4.25. The van der Waals surface area contributed by atoms with Gasteiger partial charge in [-0.2, -0.15) is 0 Å². The lowest BCUT2D eigenvalue weighted by Gasteiger charge is -2.03. The van der Waals surface area contributed by atoms with Gasteiger partial charge in [0.15, 0.2) is 11.7 Å². The molecule has 0 N–H and O–H groups in total. The number of aromatic nitrogens is 1. The molecule has 1 heterocycles. The summed E-state index contributed by atoms with van der Waals surface area (Å²) < 4.78 is 6.76. The molecule has 0 spiro atoms. The van der Waals surface area contributed by atoms with Gasteiger partial charge in [0.2, 0.25) is 0 Å². The third-order valence-electron chi connectivity index (χ3n) is 2.54. The Balaban J connectivity index is 2.27. The molecule has 0 amide bonds. The molecule has 0 unspecified atom stereocenters. The summed E-state index contributed by atoms with van der Waals surface area (Å²) in [6, 6.07) is 6.08. The number of nitrogens with zero attached hydrogens (tertiary/aromatic N) is 1. The molecule has 2 rings (SSSR count). The molecule has 0 aliphatic rings. The van der Waals surface area contributed by atoms with Crippen molar-refractivity contribution in [3.63, 3.8) is 0 Å². The minimum absolute atomic E-state index is 0.631. The van der Waals surface area contributed by atoms with Crippen molar-refractivity contribution in [3.05, 3.63) is 40.3 Å². The van der Waals surface area contributed by atoms with Crippen LogP contribution in [0.5, 0.6) is 0 Å². The number of hydrogen-bond acceptors (Lipinski definition) is 2. The van der Waals surface area contributed by atoms with Gasteiger partial charge in [-0.1, -0.05) is 18.2 Å². The van der Waals surface area contributed by atoms with Gasteiger partial charge in [0.1, 0.15) is 0 Å². The van der Waals surface area contributed by atoms with Crippen LogP contribution >= 0.6 is 27.5 Å². The van der Waals surface area contributed by atoms with E-state index in [0.29, 0.717) is 5.88 Å². The third-order valence-corrected chi connectivity index (χ3v) is 3.85. The van der Waals surface area contributed by atoms with Gasteiger partial charge in [-0.15, -0.1) is 11.6 Å². The fourth-order valence-corrected chi connectivity index (χ4v) is 2.20. The van der Waals surface area contributed by atoms with Crippen LogP contribution in [-0.4, -0.2) is 10.9 Å². The normalized spacial score (nSPS) is 10.8. The molecule has 2 aromatic rings. The summed E-state index contributed by atoms with van der Waals surface area (Å²) in [7, 11) is 0. The van der Waals surface area contributed by atoms with Crippen molar-refractivity contribution in [2.45, 2.75) is 19.8 Å². The van der Waals surface area contributed by atoms with Crippen molar-refractivity contribution in [1.29, 1.82) is 0 Å². The largest absolute Gasteiger partial charge is 0.441 e. The highest BCUT2D eigenvalue weighted by molar-refractivity contribution is 9.10. The standard InChI is InChI=1S/C13H13BrClNO/c1-9-4-2-5-10(13(9)14)11-8-16-12(17-11)6-3-7-15/h2,4-5,8H,3,6-7H2,1H3. The Bertz CT molecular complexity index is 510. The number of benzene rings is 1. The van der Waals surface area contributed by atoms with Gasteiger partial charge in [-0.25, -0.2) is 4.98 Å². The monoisotopic (exact) mass is 313 g/mol. The predicted molar refractivity (Wildman–Crippen MR) is 73.4 cm³/mol. The van der Waals surface area contributed by atoms with E-state index in [1.807, 2.05) is 12.1 Å². The lowest BCUT2D eigenvalue weighted by Crippen LogP contribution is -1.84. The summed E-state index contributed by atoms with van der Waals surface area (Å²) in [6.07, 6.45) is 3.44. The quantitative estimate of drug-likeness (QED) is 0.772. The van der Waals surface area contributed by atoms with Crippen molar-refractivity contribution in [1.82, 2.24) is 4.98 Å². The van der Waals surface area contributed by atoms with E-state index in [4.69, 9.17) is 16.0 Å². The van der Waals surface area contributed by atoms with E-state index in [-0.39, 0.29) is 0 Å². The molecule has 0 fully saturated rings. The number of alkyl halides is 1. The molecular formula is C13H13BrClNO. The zero-order valence-electron chi connectivity index (χ0n) is 9.54. The third kappa shape index (κ3) is 2.90. The van der Waals surface area contributed by atoms with E-state index in [9.17, 15) is 0 Å². The molecule has 0 aliphatic heterocycles. The van der Waals surface area contributed by atoms with Crippen LogP contribution in [0, 0.1) is 6.92 Å². The van der Waals surface area contributed by atoms with E-state index in [1.54, 1.807) is 6.20 Å². The summed E-state index contributed by atoms with van der Waals surface area (Å²) in [5, 5.41) is 0. The molecule has 0 atom stereocenters. The Hall–Kier alpha value is -0.800. The molecule has 2 nitrogen and oxygen atoms in total. The average Bonchev–Trinajstić information content (AvgIpc) is 2.78. The van der Waals surface area contributed by atoms with Crippen LogP contribution in [0.15, 0.2) is 33.3 Å². The topological polar surface area (TPSA) is 26.0 Å². The molecule has 0 aliphatic carbocycles. The minimum Gasteiger partial charge on any atom is -0.441 e. The summed E-state index contributed by atoms with van der Waals surface area (Å²) in [5.74, 6) is 2.17. The Morgan fingerprint density at radius 3 is 3.00 bits per heavy atom. The number of rotatable bonds is 4. The number of hydrogen-bond donors (Lipinski definition) is 0. The van der Waals surface area contributed by atoms with Gasteiger partial charge in [0, 0.05) is 22.3 Å². The second kappa shape index (κ2) is 5.69. The van der Waals surface area contributed by atoms with Gasteiger partial charge in [-0.3, -0.25) is 0 Å². The van der Waals surface area contributed by atoms with Crippen molar-refractivity contribution >= 4 is 27.5 Å². The van der Waals surface area contributed by atoms with Crippen molar-refractivity contribution in [2.75, 3.05) is 5.88 Å². The first-order valence-corrected chi connectivity index (χ1v) is 6.81. The summed E-state index contributed by atoms with van der Waals surface area (Å²) >= 11 is 9.21. The van der Waals surface area contributed by atoms with Crippen LogP contribution in [0.4, 0.5) is 0 Å². The smallest absolute Gasteiger partial charge is 0.194 e. The molecule has 17 heavy (non-hydrogen) atoms. The molecule has 90 valence electrons. The molecular weight excluding hydrogens is 302 g/mol. The maximum absolute atomic E-state index is 5.71. The summed E-state index contributed by atoms with van der Waals surface area (Å²) in [5.41, 5.74) is 2.22. The van der Waals surface area contributed by atoms with Crippen LogP contribution in [-0.2, 0) is 6.42 Å². The Morgan fingerprint density at radius 2 is 2.24 bits per heavy atom. The molecule has 4 heteroatoms. The maximum atomic E-state index is 5.71. The first-order chi connectivity index (χ1) is 8.22. The predicted octanol–water partition coefficient (Wildman–Crippen LogP) is 4.58. The van der Waals surface area contributed by atoms with Crippen LogP contribution in [0.2, 0.25) is 0 Å². The van der Waals surface area contributed by atoms with Crippen LogP contribution in [0.1, 0.15) is 17.9 Å². The van der Waals surface area contributed by atoms with E-state index in [0.717, 1.165) is 34.5 Å². The first-order valence-electron chi connectivity index (χ1n) is 5.48. The lowest BCUT2D eigenvalue weighted by molar-refractivity contribution is 0.503. The van der Waals surface area contributed by atoms with Crippen LogP contribution in [0.3, 0.4) is 0 Å². The van der Waals surface area contributed by atoms with Crippen molar-refractivity contribution in [2.24, 2.45) is 0 Å². The molecule has 0 bridgehead atoms. The van der Waals surface area contributed by atoms with E-state index >= 15 is 0 Å².